The second kappa shape index (κ2) is 7.12. The second-order valence-electron chi connectivity index (χ2n) is 6.77. The molecule has 1 fully saturated rings. The largest absolute Gasteiger partial charge is 0.352 e. The van der Waals surface area contributed by atoms with Crippen molar-refractivity contribution in [3.63, 3.8) is 0 Å². The van der Waals surface area contributed by atoms with Crippen molar-refractivity contribution in [2.24, 2.45) is 5.92 Å². The molecule has 1 N–H and O–H groups in total. The molecule has 132 valence electrons. The molecule has 1 amide bonds. The number of hydrogen-bond acceptors (Lipinski definition) is 2. The van der Waals surface area contributed by atoms with E-state index < -0.39 is 0 Å². The molecule has 2 aromatic carbocycles. The van der Waals surface area contributed by atoms with E-state index in [-0.39, 0.29) is 23.6 Å². The Kier molecular flexibility index (Phi) is 4.52. The van der Waals surface area contributed by atoms with Crippen LogP contribution in [0.3, 0.4) is 0 Å². The van der Waals surface area contributed by atoms with Crippen molar-refractivity contribution in [3.05, 3.63) is 89.8 Å². The van der Waals surface area contributed by atoms with Gasteiger partial charge in [0.1, 0.15) is 5.82 Å². The monoisotopic (exact) mass is 349 g/mol. The van der Waals surface area contributed by atoms with Gasteiger partial charge in [-0.25, -0.2) is 9.37 Å². The van der Waals surface area contributed by atoms with Crippen molar-refractivity contribution in [3.8, 4) is 0 Å². The maximum absolute atomic E-state index is 13.0. The third-order valence-corrected chi connectivity index (χ3v) is 4.81. The highest BCUT2D eigenvalue weighted by Crippen LogP contribution is 2.47. The van der Waals surface area contributed by atoms with Gasteiger partial charge in [0.2, 0.25) is 5.91 Å². The molecule has 2 unspecified atom stereocenters. The van der Waals surface area contributed by atoms with Crippen LogP contribution in [-0.2, 0) is 17.9 Å². The molecule has 1 saturated carbocycles. The number of rotatable bonds is 6. The van der Waals surface area contributed by atoms with Gasteiger partial charge in [0.25, 0.3) is 0 Å². The van der Waals surface area contributed by atoms with E-state index in [1.165, 1.54) is 17.7 Å². The van der Waals surface area contributed by atoms with Gasteiger partial charge < -0.3 is 9.88 Å². The molecule has 1 aromatic heterocycles. The average molecular weight is 349 g/mol. The molecule has 3 aromatic rings. The van der Waals surface area contributed by atoms with E-state index in [0.29, 0.717) is 6.54 Å². The third-order valence-electron chi connectivity index (χ3n) is 4.81. The fraction of sp³-hybridized carbons (Fsp3) is 0.238. The highest BCUT2D eigenvalue weighted by Gasteiger charge is 2.43. The third kappa shape index (κ3) is 3.82. The first-order chi connectivity index (χ1) is 12.7. The van der Waals surface area contributed by atoms with Crippen LogP contribution in [0.25, 0.3) is 0 Å². The fourth-order valence-corrected chi connectivity index (χ4v) is 3.31. The number of hydrogen-bond donors (Lipinski definition) is 1. The lowest BCUT2D eigenvalue weighted by atomic mass is 10.1. The standard InChI is InChI=1S/C21H20FN3O/c22-18-6-4-17(5-7-18)19-11-20(19)21(26)24-12-15-2-1-3-16(10-15)13-25-9-8-23-14-25/h1-10,14,19-20H,11-13H2,(H,24,26). The van der Waals surface area contributed by atoms with Crippen LogP contribution in [0.1, 0.15) is 29.0 Å². The lowest BCUT2D eigenvalue weighted by Gasteiger charge is -2.08. The summed E-state index contributed by atoms with van der Waals surface area (Å²) in [5.74, 6) is 0.0306. The van der Waals surface area contributed by atoms with E-state index in [1.54, 1.807) is 24.7 Å². The van der Waals surface area contributed by atoms with Gasteiger partial charge >= 0.3 is 0 Å². The van der Waals surface area contributed by atoms with E-state index in [2.05, 4.69) is 22.4 Å². The number of carbonyl (C=O) groups excluding carboxylic acids is 1. The second-order valence-corrected chi connectivity index (χ2v) is 6.77. The maximum Gasteiger partial charge on any atom is 0.224 e. The van der Waals surface area contributed by atoms with Crippen molar-refractivity contribution >= 4 is 5.91 Å². The molecule has 0 aliphatic heterocycles. The van der Waals surface area contributed by atoms with Crippen LogP contribution in [0, 0.1) is 11.7 Å². The summed E-state index contributed by atoms with van der Waals surface area (Å²) in [6, 6.07) is 14.6. The van der Waals surface area contributed by atoms with Crippen LogP contribution in [-0.4, -0.2) is 15.5 Å². The maximum atomic E-state index is 13.0. The van der Waals surface area contributed by atoms with E-state index >= 15 is 0 Å². The summed E-state index contributed by atoms with van der Waals surface area (Å²) in [4.78, 5) is 16.4. The van der Waals surface area contributed by atoms with Crippen LogP contribution in [0.15, 0.2) is 67.3 Å². The molecule has 26 heavy (non-hydrogen) atoms. The SMILES string of the molecule is O=C(NCc1cccc(Cn2ccnc2)c1)C1CC1c1ccc(F)cc1. The number of carbonyl (C=O) groups is 1. The molecular weight excluding hydrogens is 329 g/mol. The molecule has 4 rings (SSSR count). The van der Waals surface area contributed by atoms with Gasteiger partial charge in [-0.2, -0.15) is 0 Å². The van der Waals surface area contributed by atoms with Crippen LogP contribution in [0.5, 0.6) is 0 Å². The van der Waals surface area contributed by atoms with Gasteiger partial charge in [-0.3, -0.25) is 4.79 Å². The lowest BCUT2D eigenvalue weighted by Crippen LogP contribution is -2.24. The van der Waals surface area contributed by atoms with Crippen LogP contribution < -0.4 is 5.32 Å². The number of imidazole rings is 1. The quantitative estimate of drug-likeness (QED) is 0.740. The predicted octanol–water partition coefficient (Wildman–Crippen LogP) is 3.49. The molecule has 5 heteroatoms. The van der Waals surface area contributed by atoms with E-state index in [0.717, 1.165) is 24.1 Å². The Balaban J connectivity index is 1.31. The first-order valence-electron chi connectivity index (χ1n) is 8.76. The average Bonchev–Trinajstić information content (AvgIpc) is 3.29. The van der Waals surface area contributed by atoms with Gasteiger partial charge in [0, 0.05) is 31.4 Å². The van der Waals surface area contributed by atoms with Gasteiger partial charge in [-0.05, 0) is 41.2 Å². The Morgan fingerprint density at radius 3 is 2.77 bits per heavy atom. The Bertz CT molecular complexity index is 890. The molecule has 2 atom stereocenters. The van der Waals surface area contributed by atoms with Crippen LogP contribution in [0.4, 0.5) is 4.39 Å². The molecule has 1 heterocycles. The Labute approximate surface area is 151 Å². The van der Waals surface area contributed by atoms with Crippen molar-refractivity contribution in [1.29, 1.82) is 0 Å². The zero-order valence-corrected chi connectivity index (χ0v) is 14.3. The molecule has 0 radical (unpaired) electrons. The number of nitrogens with zero attached hydrogens (tertiary/aromatic N) is 2. The minimum atomic E-state index is -0.244. The van der Waals surface area contributed by atoms with Gasteiger partial charge in [0.05, 0.1) is 6.33 Å². The first-order valence-corrected chi connectivity index (χ1v) is 8.76. The molecular formula is C21H20FN3O. The molecule has 1 aliphatic carbocycles. The molecule has 0 saturated heterocycles. The van der Waals surface area contributed by atoms with Crippen molar-refractivity contribution < 1.29 is 9.18 Å². The number of aromatic nitrogens is 2. The van der Waals surface area contributed by atoms with Crippen molar-refractivity contribution in [2.75, 3.05) is 0 Å². The smallest absolute Gasteiger partial charge is 0.224 e. The predicted molar refractivity (Wildman–Crippen MR) is 96.9 cm³/mol. The summed E-state index contributed by atoms with van der Waals surface area (Å²) < 4.78 is 15.0. The molecule has 0 bridgehead atoms. The van der Waals surface area contributed by atoms with Gasteiger partial charge in [0.15, 0.2) is 0 Å². The summed E-state index contributed by atoms with van der Waals surface area (Å²) in [6.07, 6.45) is 6.31. The summed E-state index contributed by atoms with van der Waals surface area (Å²) in [6.45, 7) is 1.28. The Morgan fingerprint density at radius 2 is 2.00 bits per heavy atom. The molecule has 4 nitrogen and oxygen atoms in total. The zero-order valence-electron chi connectivity index (χ0n) is 14.3. The summed E-state index contributed by atoms with van der Waals surface area (Å²) >= 11 is 0. The fourth-order valence-electron chi connectivity index (χ4n) is 3.31. The zero-order chi connectivity index (χ0) is 17.9. The minimum Gasteiger partial charge on any atom is -0.352 e. The number of nitrogens with one attached hydrogen (secondary N) is 1. The topological polar surface area (TPSA) is 46.9 Å². The Morgan fingerprint density at radius 1 is 1.19 bits per heavy atom. The molecule has 1 aliphatic rings. The van der Waals surface area contributed by atoms with E-state index in [4.69, 9.17) is 0 Å². The Hall–Kier alpha value is -2.95. The highest BCUT2D eigenvalue weighted by atomic mass is 19.1. The lowest BCUT2D eigenvalue weighted by molar-refractivity contribution is -0.122. The minimum absolute atomic E-state index is 0.00501. The summed E-state index contributed by atoms with van der Waals surface area (Å²) in [5, 5.41) is 3.03. The van der Waals surface area contributed by atoms with E-state index in [1.807, 2.05) is 22.9 Å². The van der Waals surface area contributed by atoms with E-state index in [9.17, 15) is 9.18 Å². The van der Waals surface area contributed by atoms with Crippen LogP contribution >= 0.6 is 0 Å². The summed E-state index contributed by atoms with van der Waals surface area (Å²) in [5.41, 5.74) is 3.29. The van der Waals surface area contributed by atoms with Crippen LogP contribution in [0.2, 0.25) is 0 Å². The van der Waals surface area contributed by atoms with Crippen molar-refractivity contribution in [1.82, 2.24) is 14.9 Å². The molecule has 0 spiro atoms. The highest BCUT2D eigenvalue weighted by molar-refractivity contribution is 5.82. The van der Waals surface area contributed by atoms with Crippen molar-refractivity contribution in [2.45, 2.75) is 25.4 Å². The van der Waals surface area contributed by atoms with Gasteiger partial charge in [-0.15, -0.1) is 0 Å². The first kappa shape index (κ1) is 16.5. The number of benzene rings is 2. The number of halogens is 1. The normalized spacial score (nSPS) is 18.5. The summed E-state index contributed by atoms with van der Waals surface area (Å²) in [7, 11) is 0. The number of amides is 1. The van der Waals surface area contributed by atoms with Gasteiger partial charge in [-0.1, -0.05) is 36.4 Å².